The van der Waals surface area contributed by atoms with Crippen molar-refractivity contribution in [2.45, 2.75) is 38.5 Å². The van der Waals surface area contributed by atoms with E-state index in [2.05, 4.69) is 10.6 Å². The van der Waals surface area contributed by atoms with Gasteiger partial charge in [-0.1, -0.05) is 37.8 Å². The fraction of sp³-hybridized carbons (Fsp3) is 0.364. The van der Waals surface area contributed by atoms with Gasteiger partial charge in [-0.3, -0.25) is 9.59 Å². The van der Waals surface area contributed by atoms with Gasteiger partial charge in [0.25, 0.3) is 5.91 Å². The fourth-order valence-corrected chi connectivity index (χ4v) is 3.51. The van der Waals surface area contributed by atoms with E-state index < -0.39 is 0 Å². The van der Waals surface area contributed by atoms with E-state index in [4.69, 9.17) is 4.74 Å². The fourth-order valence-electron chi connectivity index (χ4n) is 3.51. The SMILES string of the molecule is COc1ccccc1NC(=O)c1ccc(NC(=O)CCC2CCCC2)cc1. The van der Waals surface area contributed by atoms with E-state index in [-0.39, 0.29) is 11.8 Å². The number of rotatable bonds is 7. The van der Waals surface area contributed by atoms with Crippen LogP contribution in [-0.4, -0.2) is 18.9 Å². The zero-order chi connectivity index (χ0) is 19.1. The summed E-state index contributed by atoms with van der Waals surface area (Å²) in [6.45, 7) is 0. The molecule has 0 spiro atoms. The Morgan fingerprint density at radius 1 is 1.00 bits per heavy atom. The van der Waals surface area contributed by atoms with Crippen LogP contribution in [0.4, 0.5) is 11.4 Å². The maximum atomic E-state index is 12.4. The van der Waals surface area contributed by atoms with Gasteiger partial charge in [0.1, 0.15) is 5.75 Å². The van der Waals surface area contributed by atoms with Crippen molar-refractivity contribution in [3.8, 4) is 5.75 Å². The molecule has 3 rings (SSSR count). The van der Waals surface area contributed by atoms with E-state index in [0.29, 0.717) is 35.0 Å². The number of para-hydroxylation sites is 2. The largest absolute Gasteiger partial charge is 0.495 e. The zero-order valence-electron chi connectivity index (χ0n) is 15.7. The second-order valence-corrected chi connectivity index (χ2v) is 6.97. The Morgan fingerprint density at radius 3 is 2.41 bits per heavy atom. The van der Waals surface area contributed by atoms with Crippen LogP contribution in [-0.2, 0) is 4.79 Å². The molecule has 2 aromatic carbocycles. The number of anilines is 2. The Labute approximate surface area is 160 Å². The number of methoxy groups -OCH3 is 1. The van der Waals surface area contributed by atoms with Gasteiger partial charge in [0.2, 0.25) is 5.91 Å². The normalized spacial score (nSPS) is 14.0. The number of carbonyl (C=O) groups is 2. The summed E-state index contributed by atoms with van der Waals surface area (Å²) in [7, 11) is 1.56. The van der Waals surface area contributed by atoms with Crippen LogP contribution in [0.1, 0.15) is 48.9 Å². The highest BCUT2D eigenvalue weighted by Crippen LogP contribution is 2.28. The highest BCUT2D eigenvalue weighted by atomic mass is 16.5. The molecule has 0 radical (unpaired) electrons. The van der Waals surface area contributed by atoms with E-state index in [1.54, 1.807) is 43.5 Å². The minimum atomic E-state index is -0.224. The number of hydrogen-bond acceptors (Lipinski definition) is 3. The molecule has 5 nitrogen and oxygen atoms in total. The Bertz CT molecular complexity index is 780. The summed E-state index contributed by atoms with van der Waals surface area (Å²) < 4.78 is 5.24. The molecular formula is C22H26N2O3. The van der Waals surface area contributed by atoms with Gasteiger partial charge in [0.15, 0.2) is 0 Å². The van der Waals surface area contributed by atoms with Crippen LogP contribution in [0.2, 0.25) is 0 Å². The summed E-state index contributed by atoms with van der Waals surface area (Å²) in [5.74, 6) is 1.13. The highest BCUT2D eigenvalue weighted by molar-refractivity contribution is 6.05. The second kappa shape index (κ2) is 9.21. The molecule has 0 atom stereocenters. The molecular weight excluding hydrogens is 340 g/mol. The number of ether oxygens (including phenoxy) is 1. The van der Waals surface area contributed by atoms with E-state index in [1.807, 2.05) is 12.1 Å². The summed E-state index contributed by atoms with van der Waals surface area (Å²) in [6.07, 6.45) is 6.62. The molecule has 0 aromatic heterocycles. The minimum absolute atomic E-state index is 0.0353. The van der Waals surface area contributed by atoms with Crippen LogP contribution in [0.3, 0.4) is 0 Å². The van der Waals surface area contributed by atoms with Crippen molar-refractivity contribution < 1.29 is 14.3 Å². The number of hydrogen-bond donors (Lipinski definition) is 2. The summed E-state index contributed by atoms with van der Waals surface area (Å²) in [6, 6.07) is 14.2. The maximum Gasteiger partial charge on any atom is 0.255 e. The van der Waals surface area contributed by atoms with Gasteiger partial charge in [0.05, 0.1) is 12.8 Å². The van der Waals surface area contributed by atoms with Gasteiger partial charge >= 0.3 is 0 Å². The third-order valence-electron chi connectivity index (χ3n) is 5.04. The monoisotopic (exact) mass is 366 g/mol. The summed E-state index contributed by atoms with van der Waals surface area (Å²) in [5.41, 5.74) is 1.85. The molecule has 2 amide bonds. The van der Waals surface area contributed by atoms with Crippen molar-refractivity contribution in [3.63, 3.8) is 0 Å². The first-order valence-electron chi connectivity index (χ1n) is 9.50. The Hall–Kier alpha value is -2.82. The van der Waals surface area contributed by atoms with Crippen LogP contribution in [0.5, 0.6) is 5.75 Å². The van der Waals surface area contributed by atoms with Gasteiger partial charge in [-0.05, 0) is 48.7 Å². The van der Waals surface area contributed by atoms with Crippen molar-refractivity contribution in [1.82, 2.24) is 0 Å². The Kier molecular flexibility index (Phi) is 6.47. The second-order valence-electron chi connectivity index (χ2n) is 6.97. The minimum Gasteiger partial charge on any atom is -0.495 e. The van der Waals surface area contributed by atoms with Crippen molar-refractivity contribution in [2.24, 2.45) is 5.92 Å². The lowest BCUT2D eigenvalue weighted by Gasteiger charge is -2.11. The predicted octanol–water partition coefficient (Wildman–Crippen LogP) is 4.86. The summed E-state index contributed by atoms with van der Waals surface area (Å²) >= 11 is 0. The molecule has 0 saturated heterocycles. The average molecular weight is 366 g/mol. The highest BCUT2D eigenvalue weighted by Gasteiger charge is 2.16. The molecule has 1 aliphatic carbocycles. The van der Waals surface area contributed by atoms with Crippen LogP contribution in [0.15, 0.2) is 48.5 Å². The molecule has 1 saturated carbocycles. The first-order chi connectivity index (χ1) is 13.2. The Balaban J connectivity index is 1.53. The molecule has 142 valence electrons. The molecule has 2 N–H and O–H groups in total. The number of benzene rings is 2. The number of amides is 2. The van der Waals surface area contributed by atoms with E-state index in [9.17, 15) is 9.59 Å². The Morgan fingerprint density at radius 2 is 1.70 bits per heavy atom. The number of carbonyl (C=O) groups excluding carboxylic acids is 2. The molecule has 27 heavy (non-hydrogen) atoms. The topological polar surface area (TPSA) is 67.4 Å². The van der Waals surface area contributed by atoms with Gasteiger partial charge in [0, 0.05) is 17.7 Å². The average Bonchev–Trinajstić information content (AvgIpc) is 3.21. The van der Waals surface area contributed by atoms with Crippen molar-refractivity contribution in [2.75, 3.05) is 17.7 Å². The lowest BCUT2D eigenvalue weighted by molar-refractivity contribution is -0.116. The molecule has 0 heterocycles. The lowest BCUT2D eigenvalue weighted by Crippen LogP contribution is -2.14. The van der Waals surface area contributed by atoms with Crippen molar-refractivity contribution in [1.29, 1.82) is 0 Å². The smallest absolute Gasteiger partial charge is 0.255 e. The van der Waals surface area contributed by atoms with Crippen molar-refractivity contribution in [3.05, 3.63) is 54.1 Å². The molecule has 0 unspecified atom stereocenters. The quantitative estimate of drug-likeness (QED) is 0.735. The molecule has 1 fully saturated rings. The molecule has 1 aliphatic rings. The zero-order valence-corrected chi connectivity index (χ0v) is 15.7. The third-order valence-corrected chi connectivity index (χ3v) is 5.04. The van der Waals surface area contributed by atoms with Crippen LogP contribution in [0.25, 0.3) is 0 Å². The molecule has 0 bridgehead atoms. The van der Waals surface area contributed by atoms with Gasteiger partial charge < -0.3 is 15.4 Å². The standard InChI is InChI=1S/C22H26N2O3/c1-27-20-9-5-4-8-19(20)24-22(26)17-11-13-18(14-12-17)23-21(25)15-10-16-6-2-3-7-16/h4-5,8-9,11-14,16H,2-3,6-7,10,15H2,1H3,(H,23,25)(H,24,26). The third kappa shape index (κ3) is 5.33. The van der Waals surface area contributed by atoms with Crippen LogP contribution < -0.4 is 15.4 Å². The summed E-state index contributed by atoms with van der Waals surface area (Å²) in [4.78, 5) is 24.5. The lowest BCUT2D eigenvalue weighted by atomic mass is 10.0. The first-order valence-corrected chi connectivity index (χ1v) is 9.50. The summed E-state index contributed by atoms with van der Waals surface area (Å²) in [5, 5.41) is 5.75. The predicted molar refractivity (Wildman–Crippen MR) is 107 cm³/mol. The van der Waals surface area contributed by atoms with Crippen molar-refractivity contribution >= 4 is 23.2 Å². The molecule has 5 heteroatoms. The van der Waals surface area contributed by atoms with E-state index in [0.717, 1.165) is 6.42 Å². The van der Waals surface area contributed by atoms with Gasteiger partial charge in [-0.15, -0.1) is 0 Å². The van der Waals surface area contributed by atoms with Gasteiger partial charge in [-0.2, -0.15) is 0 Å². The molecule has 2 aromatic rings. The van der Waals surface area contributed by atoms with Gasteiger partial charge in [-0.25, -0.2) is 0 Å². The first kappa shape index (κ1) is 19.0. The van der Waals surface area contributed by atoms with E-state index in [1.165, 1.54) is 25.7 Å². The van der Waals surface area contributed by atoms with Crippen LogP contribution in [0, 0.1) is 5.92 Å². The molecule has 0 aliphatic heterocycles. The van der Waals surface area contributed by atoms with Crippen LogP contribution >= 0.6 is 0 Å². The maximum absolute atomic E-state index is 12.4. The number of nitrogens with one attached hydrogen (secondary N) is 2. The van der Waals surface area contributed by atoms with E-state index >= 15 is 0 Å².